The molecule has 0 bridgehead atoms. The Bertz CT molecular complexity index is 193. The van der Waals surface area contributed by atoms with E-state index in [-0.39, 0.29) is 0 Å². The lowest BCUT2D eigenvalue weighted by atomic mass is 9.93. The van der Waals surface area contributed by atoms with Crippen LogP contribution in [-0.4, -0.2) is 37.1 Å². The van der Waals surface area contributed by atoms with Gasteiger partial charge in [0.15, 0.2) is 0 Å². The maximum absolute atomic E-state index is 3.71. The SMILES string of the molecule is CCNC1CCCCCC1CN(C)C(C)CC. The van der Waals surface area contributed by atoms with E-state index in [1.807, 2.05) is 0 Å². The molecule has 0 aromatic carbocycles. The van der Waals surface area contributed by atoms with E-state index in [0.717, 1.165) is 24.5 Å². The maximum Gasteiger partial charge on any atom is 0.0107 e. The van der Waals surface area contributed by atoms with Gasteiger partial charge in [-0.15, -0.1) is 0 Å². The highest BCUT2D eigenvalue weighted by Gasteiger charge is 2.24. The second kappa shape index (κ2) is 8.10. The van der Waals surface area contributed by atoms with Gasteiger partial charge in [-0.3, -0.25) is 0 Å². The Morgan fingerprint density at radius 1 is 1.18 bits per heavy atom. The smallest absolute Gasteiger partial charge is 0.0107 e. The molecule has 2 nitrogen and oxygen atoms in total. The van der Waals surface area contributed by atoms with E-state index in [9.17, 15) is 0 Å². The van der Waals surface area contributed by atoms with Gasteiger partial charge in [0, 0.05) is 18.6 Å². The van der Waals surface area contributed by atoms with E-state index in [1.54, 1.807) is 0 Å². The summed E-state index contributed by atoms with van der Waals surface area (Å²) in [6.07, 6.45) is 8.34. The molecule has 0 heterocycles. The van der Waals surface area contributed by atoms with Crippen molar-refractivity contribution in [3.8, 4) is 0 Å². The highest BCUT2D eigenvalue weighted by Crippen LogP contribution is 2.24. The summed E-state index contributed by atoms with van der Waals surface area (Å²) in [5.41, 5.74) is 0. The summed E-state index contributed by atoms with van der Waals surface area (Å²) < 4.78 is 0. The van der Waals surface area contributed by atoms with Crippen LogP contribution in [0, 0.1) is 5.92 Å². The van der Waals surface area contributed by atoms with Crippen LogP contribution >= 0.6 is 0 Å². The van der Waals surface area contributed by atoms with Crippen molar-refractivity contribution in [3.05, 3.63) is 0 Å². The summed E-state index contributed by atoms with van der Waals surface area (Å²) in [5.74, 6) is 0.858. The van der Waals surface area contributed by atoms with Crippen LogP contribution in [0.25, 0.3) is 0 Å². The third kappa shape index (κ3) is 4.97. The van der Waals surface area contributed by atoms with Gasteiger partial charge in [0.2, 0.25) is 0 Å². The van der Waals surface area contributed by atoms with E-state index in [0.29, 0.717) is 0 Å². The zero-order chi connectivity index (χ0) is 12.7. The van der Waals surface area contributed by atoms with E-state index >= 15 is 0 Å². The Hall–Kier alpha value is -0.0800. The van der Waals surface area contributed by atoms with Crippen LogP contribution in [0.5, 0.6) is 0 Å². The van der Waals surface area contributed by atoms with E-state index in [2.05, 4.69) is 38.0 Å². The largest absolute Gasteiger partial charge is 0.314 e. The summed E-state index contributed by atoms with van der Waals surface area (Å²) in [4.78, 5) is 2.56. The lowest BCUT2D eigenvalue weighted by Gasteiger charge is -2.32. The summed E-state index contributed by atoms with van der Waals surface area (Å²) in [6, 6.07) is 1.48. The van der Waals surface area contributed by atoms with Gasteiger partial charge < -0.3 is 10.2 Å². The molecule has 3 unspecified atom stereocenters. The van der Waals surface area contributed by atoms with E-state index < -0.39 is 0 Å². The predicted molar refractivity (Wildman–Crippen MR) is 76.4 cm³/mol. The molecule has 17 heavy (non-hydrogen) atoms. The Balaban J connectivity index is 2.50. The first kappa shape index (κ1) is 15.0. The van der Waals surface area contributed by atoms with Crippen molar-refractivity contribution in [2.24, 2.45) is 5.92 Å². The van der Waals surface area contributed by atoms with Crippen LogP contribution in [0.1, 0.15) is 59.3 Å². The Kier molecular flexibility index (Phi) is 7.14. The molecule has 1 fully saturated rings. The van der Waals surface area contributed by atoms with Crippen LogP contribution in [0.3, 0.4) is 0 Å². The number of hydrogen-bond donors (Lipinski definition) is 1. The second-order valence-electron chi connectivity index (χ2n) is 5.76. The molecular formula is C15H32N2. The van der Waals surface area contributed by atoms with Gasteiger partial charge in [0.1, 0.15) is 0 Å². The molecule has 0 aromatic rings. The second-order valence-corrected chi connectivity index (χ2v) is 5.76. The standard InChI is InChI=1S/C15H32N2/c1-5-13(3)17(4)12-14-10-8-7-9-11-15(14)16-6-2/h13-16H,5-12H2,1-4H3. The van der Waals surface area contributed by atoms with E-state index in [4.69, 9.17) is 0 Å². The minimum absolute atomic E-state index is 0.723. The molecule has 0 saturated heterocycles. The Labute approximate surface area is 108 Å². The van der Waals surface area contributed by atoms with Gasteiger partial charge in [-0.1, -0.05) is 33.1 Å². The van der Waals surface area contributed by atoms with Crippen molar-refractivity contribution in [3.63, 3.8) is 0 Å². The van der Waals surface area contributed by atoms with Crippen molar-refractivity contribution in [1.82, 2.24) is 10.2 Å². The minimum atomic E-state index is 0.723. The lowest BCUT2D eigenvalue weighted by Crippen LogP contribution is -2.43. The van der Waals surface area contributed by atoms with Gasteiger partial charge in [-0.25, -0.2) is 0 Å². The quantitative estimate of drug-likeness (QED) is 0.717. The number of rotatable bonds is 6. The first-order valence-corrected chi connectivity index (χ1v) is 7.62. The maximum atomic E-state index is 3.71. The lowest BCUT2D eigenvalue weighted by molar-refractivity contribution is 0.182. The highest BCUT2D eigenvalue weighted by atomic mass is 15.1. The Morgan fingerprint density at radius 3 is 2.53 bits per heavy atom. The molecular weight excluding hydrogens is 208 g/mol. The fourth-order valence-electron chi connectivity index (χ4n) is 3.00. The first-order valence-electron chi connectivity index (χ1n) is 7.62. The van der Waals surface area contributed by atoms with Gasteiger partial charge >= 0.3 is 0 Å². The van der Waals surface area contributed by atoms with Gasteiger partial charge in [0.05, 0.1) is 0 Å². The predicted octanol–water partition coefficient (Wildman–Crippen LogP) is 3.28. The van der Waals surface area contributed by atoms with Crippen LogP contribution in [-0.2, 0) is 0 Å². The minimum Gasteiger partial charge on any atom is -0.314 e. The molecule has 1 N–H and O–H groups in total. The van der Waals surface area contributed by atoms with Gasteiger partial charge in [-0.2, -0.15) is 0 Å². The molecule has 2 heteroatoms. The molecule has 1 saturated carbocycles. The topological polar surface area (TPSA) is 15.3 Å². The monoisotopic (exact) mass is 240 g/mol. The van der Waals surface area contributed by atoms with Crippen LogP contribution in [0.2, 0.25) is 0 Å². The molecule has 1 aliphatic rings. The highest BCUT2D eigenvalue weighted by molar-refractivity contribution is 4.82. The van der Waals surface area contributed by atoms with Gasteiger partial charge in [-0.05, 0) is 45.7 Å². The van der Waals surface area contributed by atoms with Crippen LogP contribution in [0.15, 0.2) is 0 Å². The summed E-state index contributed by atoms with van der Waals surface area (Å²) in [7, 11) is 2.29. The van der Waals surface area contributed by atoms with Crippen molar-refractivity contribution >= 4 is 0 Å². The molecule has 3 atom stereocenters. The summed E-state index contributed by atoms with van der Waals surface area (Å²) in [6.45, 7) is 9.26. The number of nitrogens with one attached hydrogen (secondary N) is 1. The fourth-order valence-corrected chi connectivity index (χ4v) is 3.00. The zero-order valence-electron chi connectivity index (χ0n) is 12.3. The van der Waals surface area contributed by atoms with Crippen LogP contribution < -0.4 is 5.32 Å². The third-order valence-electron chi connectivity index (χ3n) is 4.49. The zero-order valence-corrected chi connectivity index (χ0v) is 12.3. The number of hydrogen-bond acceptors (Lipinski definition) is 2. The molecule has 0 radical (unpaired) electrons. The molecule has 0 aromatic heterocycles. The summed E-state index contributed by atoms with van der Waals surface area (Å²) in [5, 5.41) is 3.71. The van der Waals surface area contributed by atoms with Crippen molar-refractivity contribution in [2.45, 2.75) is 71.4 Å². The molecule has 102 valence electrons. The molecule has 1 rings (SSSR count). The van der Waals surface area contributed by atoms with Crippen molar-refractivity contribution in [1.29, 1.82) is 0 Å². The number of nitrogens with zero attached hydrogens (tertiary/aromatic N) is 1. The normalized spacial score (nSPS) is 28.1. The van der Waals surface area contributed by atoms with Crippen molar-refractivity contribution in [2.75, 3.05) is 20.1 Å². The van der Waals surface area contributed by atoms with Gasteiger partial charge in [0.25, 0.3) is 0 Å². The average molecular weight is 240 g/mol. The molecule has 0 spiro atoms. The molecule has 1 aliphatic carbocycles. The van der Waals surface area contributed by atoms with E-state index in [1.165, 1.54) is 45.1 Å². The van der Waals surface area contributed by atoms with Crippen molar-refractivity contribution < 1.29 is 0 Å². The average Bonchev–Trinajstić information content (AvgIpc) is 2.55. The van der Waals surface area contributed by atoms with Crippen LogP contribution in [0.4, 0.5) is 0 Å². The molecule has 0 aliphatic heterocycles. The summed E-state index contributed by atoms with van der Waals surface area (Å²) >= 11 is 0. The third-order valence-corrected chi connectivity index (χ3v) is 4.49. The first-order chi connectivity index (χ1) is 8.19. The Morgan fingerprint density at radius 2 is 1.88 bits per heavy atom. The molecule has 0 amide bonds. The fraction of sp³-hybridized carbons (Fsp3) is 1.00.